The van der Waals surface area contributed by atoms with Crippen LogP contribution in [0.4, 0.5) is 4.39 Å². The second-order valence-corrected chi connectivity index (χ2v) is 8.09. The molecule has 1 amide bonds. The number of nitrogens with one attached hydrogen (secondary N) is 2. The molecule has 0 unspecified atom stereocenters. The Morgan fingerprint density at radius 1 is 1.04 bits per heavy atom. The van der Waals surface area contributed by atoms with Crippen molar-refractivity contribution in [2.75, 3.05) is 0 Å². The Labute approximate surface area is 154 Å². The Morgan fingerprint density at radius 2 is 1.73 bits per heavy atom. The first-order valence-corrected chi connectivity index (χ1v) is 9.96. The topological polar surface area (TPSA) is 75.3 Å². The maximum atomic E-state index is 13.7. The summed E-state index contributed by atoms with van der Waals surface area (Å²) in [5.41, 5.74) is 4.77. The van der Waals surface area contributed by atoms with E-state index in [-0.39, 0.29) is 0 Å². The zero-order valence-corrected chi connectivity index (χ0v) is 15.3. The number of amides is 1. The minimum Gasteiger partial charge on any atom is -0.273 e. The maximum absolute atomic E-state index is 13.7. The van der Waals surface area contributed by atoms with Crippen LogP contribution in [0.15, 0.2) is 64.9 Å². The molecule has 3 aromatic rings. The van der Waals surface area contributed by atoms with Gasteiger partial charge in [0.1, 0.15) is 15.6 Å². The van der Waals surface area contributed by atoms with Crippen molar-refractivity contribution in [3.8, 4) is 11.1 Å². The maximum Gasteiger partial charge on any atom is 0.276 e. The van der Waals surface area contributed by atoms with Crippen molar-refractivity contribution < 1.29 is 17.6 Å². The van der Waals surface area contributed by atoms with Crippen LogP contribution in [0.3, 0.4) is 0 Å². The molecule has 1 heterocycles. The van der Waals surface area contributed by atoms with E-state index < -0.39 is 26.6 Å². The highest BCUT2D eigenvalue weighted by Gasteiger charge is 2.21. The molecule has 26 heavy (non-hydrogen) atoms. The normalized spacial score (nSPS) is 11.3. The summed E-state index contributed by atoms with van der Waals surface area (Å²) >= 11 is 1.19. The first-order valence-electron chi connectivity index (χ1n) is 7.60. The van der Waals surface area contributed by atoms with Crippen molar-refractivity contribution in [1.82, 2.24) is 10.3 Å². The molecule has 0 saturated carbocycles. The van der Waals surface area contributed by atoms with Crippen molar-refractivity contribution in [2.24, 2.45) is 0 Å². The molecular formula is C18H15FN2O3S2. The van der Waals surface area contributed by atoms with Gasteiger partial charge in [-0.05, 0) is 36.1 Å². The zero-order valence-electron chi connectivity index (χ0n) is 13.7. The van der Waals surface area contributed by atoms with Crippen LogP contribution in [0.5, 0.6) is 0 Å². The molecule has 0 saturated heterocycles. The molecule has 5 nitrogen and oxygen atoms in total. The summed E-state index contributed by atoms with van der Waals surface area (Å²) in [4.78, 5) is 14.2. The molecule has 2 aromatic carbocycles. The Hall–Kier alpha value is -2.55. The number of hydrogen-bond donors (Lipinski definition) is 2. The molecule has 0 aliphatic rings. The molecule has 0 aliphatic carbocycles. The quantitative estimate of drug-likeness (QED) is 0.655. The Bertz CT molecular complexity index is 1040. The van der Waals surface area contributed by atoms with Gasteiger partial charge >= 0.3 is 0 Å². The van der Waals surface area contributed by atoms with Crippen LogP contribution in [0.1, 0.15) is 15.2 Å². The summed E-state index contributed by atoms with van der Waals surface area (Å²) in [7, 11) is -4.21. The number of sulfonamides is 1. The third-order valence-corrected chi connectivity index (χ3v) is 5.85. The van der Waals surface area contributed by atoms with Gasteiger partial charge in [0, 0.05) is 5.56 Å². The molecule has 1 aromatic heterocycles. The fourth-order valence-electron chi connectivity index (χ4n) is 2.33. The van der Waals surface area contributed by atoms with Crippen LogP contribution in [0.2, 0.25) is 0 Å². The highest BCUT2D eigenvalue weighted by Crippen LogP contribution is 2.28. The average molecular weight is 390 g/mol. The van der Waals surface area contributed by atoms with Crippen LogP contribution in [0, 0.1) is 12.7 Å². The third-order valence-electron chi connectivity index (χ3n) is 3.66. The summed E-state index contributed by atoms with van der Waals surface area (Å²) in [6.07, 6.45) is 0. The number of aryl methyl sites for hydroxylation is 1. The van der Waals surface area contributed by atoms with E-state index in [0.29, 0.717) is 10.4 Å². The lowest BCUT2D eigenvalue weighted by Crippen LogP contribution is -2.41. The van der Waals surface area contributed by atoms with Gasteiger partial charge in [-0.25, -0.2) is 12.8 Å². The number of carbonyl (C=O) groups is 1. The highest BCUT2D eigenvalue weighted by molar-refractivity contribution is 7.89. The van der Waals surface area contributed by atoms with E-state index in [0.717, 1.165) is 23.3 Å². The molecule has 0 bridgehead atoms. The Kier molecular flexibility index (Phi) is 5.17. The summed E-state index contributed by atoms with van der Waals surface area (Å²) in [6, 6.07) is 14.3. The van der Waals surface area contributed by atoms with Crippen molar-refractivity contribution in [3.63, 3.8) is 0 Å². The van der Waals surface area contributed by atoms with Crippen molar-refractivity contribution >= 4 is 27.3 Å². The van der Waals surface area contributed by atoms with Gasteiger partial charge in [0.15, 0.2) is 0 Å². The molecule has 0 atom stereocenters. The van der Waals surface area contributed by atoms with Crippen LogP contribution >= 0.6 is 11.3 Å². The molecule has 134 valence electrons. The predicted molar refractivity (Wildman–Crippen MR) is 98.7 cm³/mol. The van der Waals surface area contributed by atoms with E-state index in [1.807, 2.05) is 36.0 Å². The lowest BCUT2D eigenvalue weighted by Gasteiger charge is -2.09. The molecule has 0 radical (unpaired) electrons. The fourth-order valence-corrected chi connectivity index (χ4v) is 4.06. The molecule has 3 rings (SSSR count). The number of halogens is 1. The number of carbonyl (C=O) groups excluding carboxylic acids is 1. The lowest BCUT2D eigenvalue weighted by molar-refractivity contribution is 0.0949. The fraction of sp³-hybridized carbons (Fsp3) is 0.0556. The van der Waals surface area contributed by atoms with Gasteiger partial charge in [0.2, 0.25) is 0 Å². The molecule has 2 N–H and O–H groups in total. The van der Waals surface area contributed by atoms with Gasteiger partial charge < -0.3 is 0 Å². The van der Waals surface area contributed by atoms with Crippen molar-refractivity contribution in [3.05, 3.63) is 76.2 Å². The van der Waals surface area contributed by atoms with E-state index in [4.69, 9.17) is 0 Å². The molecule has 0 aliphatic heterocycles. The van der Waals surface area contributed by atoms with Gasteiger partial charge in [-0.1, -0.05) is 42.0 Å². The molecular weight excluding hydrogens is 375 g/mol. The van der Waals surface area contributed by atoms with Crippen LogP contribution < -0.4 is 10.3 Å². The SMILES string of the molecule is Cc1ccc(-c2ccsc2C(=O)NNS(=O)(=O)c2ccccc2F)cc1. The van der Waals surface area contributed by atoms with Crippen molar-refractivity contribution in [1.29, 1.82) is 0 Å². The molecule has 0 fully saturated rings. The van der Waals surface area contributed by atoms with Gasteiger partial charge in [-0.3, -0.25) is 10.2 Å². The average Bonchev–Trinajstić information content (AvgIpc) is 3.10. The monoisotopic (exact) mass is 390 g/mol. The van der Waals surface area contributed by atoms with Gasteiger partial charge in [-0.2, -0.15) is 0 Å². The number of benzene rings is 2. The smallest absolute Gasteiger partial charge is 0.273 e. The van der Waals surface area contributed by atoms with E-state index in [9.17, 15) is 17.6 Å². The largest absolute Gasteiger partial charge is 0.276 e. The first kappa shape index (κ1) is 18.2. The van der Waals surface area contributed by atoms with E-state index in [1.165, 1.54) is 23.5 Å². The minimum absolute atomic E-state index is 0.352. The molecule has 8 heteroatoms. The van der Waals surface area contributed by atoms with Gasteiger partial charge in [0.25, 0.3) is 15.9 Å². The Balaban J connectivity index is 1.79. The van der Waals surface area contributed by atoms with E-state index in [1.54, 1.807) is 11.4 Å². The number of hydrazine groups is 1. The Morgan fingerprint density at radius 3 is 2.42 bits per heavy atom. The molecule has 0 spiro atoms. The second kappa shape index (κ2) is 7.36. The van der Waals surface area contributed by atoms with Gasteiger partial charge in [0.05, 0.1) is 0 Å². The first-order chi connectivity index (χ1) is 12.4. The summed E-state index contributed by atoms with van der Waals surface area (Å²) in [5.74, 6) is -1.51. The number of hydrogen-bond acceptors (Lipinski definition) is 4. The summed E-state index contributed by atoms with van der Waals surface area (Å²) in [6.45, 7) is 1.96. The van der Waals surface area contributed by atoms with Crippen molar-refractivity contribution in [2.45, 2.75) is 11.8 Å². The highest BCUT2D eigenvalue weighted by atomic mass is 32.2. The van der Waals surface area contributed by atoms with Crippen LogP contribution in [-0.4, -0.2) is 14.3 Å². The van der Waals surface area contributed by atoms with E-state index >= 15 is 0 Å². The van der Waals surface area contributed by atoms with Crippen LogP contribution in [-0.2, 0) is 10.0 Å². The predicted octanol–water partition coefficient (Wildman–Crippen LogP) is 3.49. The third kappa shape index (κ3) is 3.82. The lowest BCUT2D eigenvalue weighted by atomic mass is 10.1. The summed E-state index contributed by atoms with van der Waals surface area (Å²) in [5, 5.41) is 1.75. The zero-order chi connectivity index (χ0) is 18.7. The summed E-state index contributed by atoms with van der Waals surface area (Å²) < 4.78 is 38.0. The van der Waals surface area contributed by atoms with Crippen LogP contribution in [0.25, 0.3) is 11.1 Å². The standard InChI is InChI=1S/C18H15FN2O3S2/c1-12-6-8-13(9-7-12)14-10-11-25-17(14)18(22)20-21-26(23,24)16-5-3-2-4-15(16)19/h2-11,21H,1H3,(H,20,22). The minimum atomic E-state index is -4.21. The second-order valence-electron chi connectivity index (χ2n) is 5.52. The van der Waals surface area contributed by atoms with E-state index in [2.05, 4.69) is 5.43 Å². The van der Waals surface area contributed by atoms with Gasteiger partial charge in [-0.15, -0.1) is 16.2 Å². The number of rotatable bonds is 5. The number of thiophene rings is 1.